The number of thiol groups is 1. The van der Waals surface area contributed by atoms with Crippen molar-refractivity contribution >= 4 is 12.6 Å². The van der Waals surface area contributed by atoms with E-state index >= 15 is 0 Å². The predicted octanol–water partition coefficient (Wildman–Crippen LogP) is 0.979. The van der Waals surface area contributed by atoms with Gasteiger partial charge in [-0.05, 0) is 37.7 Å². The zero-order valence-electron chi connectivity index (χ0n) is 8.72. The summed E-state index contributed by atoms with van der Waals surface area (Å²) in [6, 6.07) is 7.14. The Morgan fingerprint density at radius 2 is 1.87 bits per heavy atom. The molecule has 0 saturated heterocycles. The lowest BCUT2D eigenvalue weighted by Gasteiger charge is -2.18. The first kappa shape index (κ1) is 12.5. The van der Waals surface area contributed by atoms with Gasteiger partial charge in [-0.2, -0.15) is 0 Å². The van der Waals surface area contributed by atoms with Crippen molar-refractivity contribution < 1.29 is 10.2 Å². The molecule has 0 aliphatic rings. The summed E-state index contributed by atoms with van der Waals surface area (Å²) < 4.78 is 0. The van der Waals surface area contributed by atoms with E-state index in [4.69, 9.17) is 0 Å². The molecule has 1 aromatic rings. The van der Waals surface area contributed by atoms with Crippen LogP contribution in [0.15, 0.2) is 29.2 Å². The smallest absolute Gasteiger partial charge is 0.105 e. The van der Waals surface area contributed by atoms with Gasteiger partial charge in [0.2, 0.25) is 0 Å². The average Bonchev–Trinajstić information content (AvgIpc) is 2.26. The molecule has 3 N–H and O–H groups in total. The lowest BCUT2D eigenvalue weighted by molar-refractivity contribution is 0.0140. The van der Waals surface area contributed by atoms with E-state index in [-0.39, 0.29) is 0 Å². The number of hydrogen-bond donors (Lipinski definition) is 4. The van der Waals surface area contributed by atoms with Crippen molar-refractivity contribution in [1.29, 1.82) is 0 Å². The largest absolute Gasteiger partial charge is 0.390 e. The van der Waals surface area contributed by atoms with Crippen LogP contribution in [0.5, 0.6) is 0 Å². The van der Waals surface area contributed by atoms with E-state index in [0.717, 1.165) is 10.5 Å². The summed E-state index contributed by atoms with van der Waals surface area (Å²) in [4.78, 5) is 0.843. The van der Waals surface area contributed by atoms with Crippen LogP contribution in [-0.4, -0.2) is 29.9 Å². The first-order valence-electron chi connectivity index (χ1n) is 4.95. The first-order valence-corrected chi connectivity index (χ1v) is 5.39. The minimum absolute atomic E-state index is 0.528. The third kappa shape index (κ3) is 3.83. The lowest BCUT2D eigenvalue weighted by Crippen LogP contribution is -2.23. The highest BCUT2D eigenvalue weighted by Crippen LogP contribution is 2.20. The molecule has 0 fully saturated rings. The Balaban J connectivity index is 2.59. The van der Waals surface area contributed by atoms with Gasteiger partial charge in [0.05, 0.1) is 6.10 Å². The van der Waals surface area contributed by atoms with Gasteiger partial charge in [0.25, 0.3) is 0 Å². The molecule has 84 valence electrons. The molecule has 0 amide bonds. The summed E-state index contributed by atoms with van der Waals surface area (Å²) in [5, 5.41) is 22.4. The van der Waals surface area contributed by atoms with Gasteiger partial charge in [0.15, 0.2) is 0 Å². The number of benzene rings is 1. The Morgan fingerprint density at radius 1 is 1.27 bits per heavy atom. The van der Waals surface area contributed by atoms with Crippen molar-refractivity contribution in [3.05, 3.63) is 29.8 Å². The average molecular weight is 227 g/mol. The van der Waals surface area contributed by atoms with Gasteiger partial charge in [0, 0.05) is 4.90 Å². The zero-order valence-corrected chi connectivity index (χ0v) is 9.61. The fourth-order valence-electron chi connectivity index (χ4n) is 1.34. The highest BCUT2D eigenvalue weighted by molar-refractivity contribution is 7.80. The molecule has 0 spiro atoms. The molecular formula is C11H17NO2S. The van der Waals surface area contributed by atoms with Crippen molar-refractivity contribution in [2.75, 3.05) is 13.6 Å². The molecule has 15 heavy (non-hydrogen) atoms. The number of nitrogens with one attached hydrogen (secondary N) is 1. The second kappa shape index (κ2) is 6.12. The van der Waals surface area contributed by atoms with Gasteiger partial charge in [-0.3, -0.25) is 0 Å². The molecule has 0 aliphatic carbocycles. The third-order valence-corrected chi connectivity index (χ3v) is 2.59. The first-order chi connectivity index (χ1) is 7.15. The van der Waals surface area contributed by atoms with Crippen LogP contribution in [0, 0.1) is 0 Å². The molecule has 0 heterocycles. The second-order valence-corrected chi connectivity index (χ2v) is 4.01. The van der Waals surface area contributed by atoms with Gasteiger partial charge in [0.1, 0.15) is 6.10 Å². The van der Waals surface area contributed by atoms with E-state index in [1.807, 2.05) is 7.05 Å². The fourth-order valence-corrected chi connectivity index (χ4v) is 1.49. The summed E-state index contributed by atoms with van der Waals surface area (Å²) in [5.41, 5.74) is 0.719. The fraction of sp³-hybridized carbons (Fsp3) is 0.455. The standard InChI is InChI=1S/C11H17NO2S/c1-12-7-6-10(13)11(14)8-2-4-9(15)5-3-8/h2-5,10-15H,6-7H2,1H3. The van der Waals surface area contributed by atoms with Gasteiger partial charge >= 0.3 is 0 Å². The molecule has 4 heteroatoms. The molecular weight excluding hydrogens is 210 g/mol. The highest BCUT2D eigenvalue weighted by Gasteiger charge is 2.17. The summed E-state index contributed by atoms with van der Waals surface area (Å²) in [5.74, 6) is 0. The maximum absolute atomic E-state index is 9.80. The predicted molar refractivity (Wildman–Crippen MR) is 63.2 cm³/mol. The van der Waals surface area contributed by atoms with Crippen molar-refractivity contribution in [2.24, 2.45) is 0 Å². The molecule has 3 nitrogen and oxygen atoms in total. The molecule has 1 rings (SSSR count). The van der Waals surface area contributed by atoms with E-state index in [1.54, 1.807) is 24.3 Å². The van der Waals surface area contributed by atoms with Crippen molar-refractivity contribution in [3.8, 4) is 0 Å². The molecule has 0 aliphatic heterocycles. The van der Waals surface area contributed by atoms with E-state index in [9.17, 15) is 10.2 Å². The maximum atomic E-state index is 9.80. The zero-order chi connectivity index (χ0) is 11.3. The van der Waals surface area contributed by atoms with Crippen LogP contribution < -0.4 is 5.32 Å². The minimum Gasteiger partial charge on any atom is -0.390 e. The van der Waals surface area contributed by atoms with Crippen LogP contribution in [0.25, 0.3) is 0 Å². The van der Waals surface area contributed by atoms with Crippen LogP contribution >= 0.6 is 12.6 Å². The van der Waals surface area contributed by atoms with Crippen molar-refractivity contribution in [3.63, 3.8) is 0 Å². The Bertz CT molecular complexity index is 289. The highest BCUT2D eigenvalue weighted by atomic mass is 32.1. The van der Waals surface area contributed by atoms with Gasteiger partial charge < -0.3 is 15.5 Å². The molecule has 2 unspecified atom stereocenters. The monoisotopic (exact) mass is 227 g/mol. The Labute approximate surface area is 95.5 Å². The van der Waals surface area contributed by atoms with E-state index in [0.29, 0.717) is 13.0 Å². The van der Waals surface area contributed by atoms with E-state index in [1.165, 1.54) is 0 Å². The summed E-state index contributed by atoms with van der Waals surface area (Å²) in [6.07, 6.45) is -1.03. The molecule has 0 saturated carbocycles. The van der Waals surface area contributed by atoms with Crippen LogP contribution in [0.2, 0.25) is 0 Å². The van der Waals surface area contributed by atoms with Gasteiger partial charge in [-0.25, -0.2) is 0 Å². The van der Waals surface area contributed by atoms with Gasteiger partial charge in [-0.1, -0.05) is 12.1 Å². The molecule has 1 aromatic carbocycles. The summed E-state index contributed by atoms with van der Waals surface area (Å²) >= 11 is 4.15. The van der Waals surface area contributed by atoms with E-state index < -0.39 is 12.2 Å². The second-order valence-electron chi connectivity index (χ2n) is 3.50. The van der Waals surface area contributed by atoms with Crippen LogP contribution in [0.1, 0.15) is 18.1 Å². The van der Waals surface area contributed by atoms with Crippen molar-refractivity contribution in [2.45, 2.75) is 23.5 Å². The topological polar surface area (TPSA) is 52.5 Å². The Kier molecular flexibility index (Phi) is 5.11. The molecule has 2 atom stereocenters. The normalized spacial score (nSPS) is 14.9. The van der Waals surface area contributed by atoms with Crippen LogP contribution in [-0.2, 0) is 0 Å². The number of hydrogen-bond acceptors (Lipinski definition) is 4. The Morgan fingerprint density at radius 3 is 2.40 bits per heavy atom. The molecule has 0 aromatic heterocycles. The van der Waals surface area contributed by atoms with E-state index in [2.05, 4.69) is 17.9 Å². The maximum Gasteiger partial charge on any atom is 0.105 e. The quantitative estimate of drug-likeness (QED) is 0.567. The van der Waals surface area contributed by atoms with Crippen LogP contribution in [0.3, 0.4) is 0 Å². The SMILES string of the molecule is CNCCC(O)C(O)c1ccc(S)cc1. The third-order valence-electron chi connectivity index (χ3n) is 2.29. The van der Waals surface area contributed by atoms with Gasteiger partial charge in [-0.15, -0.1) is 12.6 Å². The summed E-state index contributed by atoms with van der Waals surface area (Å²) in [7, 11) is 1.81. The number of aliphatic hydroxyl groups excluding tert-OH is 2. The summed E-state index contributed by atoms with van der Waals surface area (Å²) in [6.45, 7) is 0.683. The minimum atomic E-state index is -0.827. The van der Waals surface area contributed by atoms with Crippen molar-refractivity contribution in [1.82, 2.24) is 5.32 Å². The molecule has 0 radical (unpaired) electrons. The van der Waals surface area contributed by atoms with Crippen LogP contribution in [0.4, 0.5) is 0 Å². The number of aliphatic hydroxyl groups is 2. The number of rotatable bonds is 5. The molecule has 0 bridgehead atoms. The lowest BCUT2D eigenvalue weighted by atomic mass is 10.0. The Hall–Kier alpha value is -0.550.